The molecule has 0 saturated heterocycles. The zero-order chi connectivity index (χ0) is 16.2. The average molecular weight is 312 g/mol. The van der Waals surface area contributed by atoms with E-state index in [-0.39, 0.29) is 11.9 Å². The molecule has 0 N–H and O–H groups in total. The monoisotopic (exact) mass is 312 g/mol. The predicted molar refractivity (Wildman–Crippen MR) is 87.3 cm³/mol. The average Bonchev–Trinajstić information content (AvgIpc) is 2.61. The van der Waals surface area contributed by atoms with Crippen molar-refractivity contribution >= 4 is 5.78 Å². The molecule has 0 aliphatic carbocycles. The maximum absolute atomic E-state index is 12.7. The Labute approximate surface area is 136 Å². The number of carbonyl (C=O) groups is 1. The summed E-state index contributed by atoms with van der Waals surface area (Å²) in [5.41, 5.74) is 2.95. The lowest BCUT2D eigenvalue weighted by molar-refractivity contribution is 0.0352. The SMILES string of the molecule is COc1cc(OC)cc(C(=O)CC2OCCc3ccccc32)c1. The van der Waals surface area contributed by atoms with Crippen LogP contribution in [0.25, 0.3) is 0 Å². The van der Waals surface area contributed by atoms with E-state index in [2.05, 4.69) is 6.07 Å². The zero-order valence-corrected chi connectivity index (χ0v) is 13.4. The Kier molecular flexibility index (Phi) is 4.63. The third-order valence-electron chi connectivity index (χ3n) is 4.14. The van der Waals surface area contributed by atoms with Gasteiger partial charge in [0, 0.05) is 18.1 Å². The fourth-order valence-electron chi connectivity index (χ4n) is 2.90. The normalized spacial score (nSPS) is 16.5. The molecule has 0 aromatic heterocycles. The number of ketones is 1. The number of benzene rings is 2. The molecule has 1 unspecified atom stereocenters. The third-order valence-corrected chi connectivity index (χ3v) is 4.14. The number of ether oxygens (including phenoxy) is 3. The first-order chi connectivity index (χ1) is 11.2. The Morgan fingerprint density at radius 3 is 2.52 bits per heavy atom. The molecule has 1 atom stereocenters. The molecular formula is C19H20O4. The van der Waals surface area contributed by atoms with Gasteiger partial charge in [-0.15, -0.1) is 0 Å². The van der Waals surface area contributed by atoms with Gasteiger partial charge in [-0.25, -0.2) is 0 Å². The van der Waals surface area contributed by atoms with Crippen LogP contribution in [0.1, 0.15) is 34.0 Å². The minimum absolute atomic E-state index is 0.0175. The van der Waals surface area contributed by atoms with Gasteiger partial charge in [0.05, 0.1) is 26.9 Å². The summed E-state index contributed by atoms with van der Waals surface area (Å²) >= 11 is 0. The van der Waals surface area contributed by atoms with Gasteiger partial charge in [0.15, 0.2) is 5.78 Å². The van der Waals surface area contributed by atoms with Crippen molar-refractivity contribution in [2.75, 3.05) is 20.8 Å². The van der Waals surface area contributed by atoms with Crippen LogP contribution in [-0.4, -0.2) is 26.6 Å². The van der Waals surface area contributed by atoms with E-state index in [0.717, 1.165) is 12.0 Å². The van der Waals surface area contributed by atoms with Gasteiger partial charge in [-0.1, -0.05) is 24.3 Å². The van der Waals surface area contributed by atoms with Crippen molar-refractivity contribution in [2.45, 2.75) is 18.9 Å². The number of hydrogen-bond donors (Lipinski definition) is 0. The van der Waals surface area contributed by atoms with Crippen molar-refractivity contribution in [2.24, 2.45) is 0 Å². The quantitative estimate of drug-likeness (QED) is 0.792. The molecule has 0 bridgehead atoms. The van der Waals surface area contributed by atoms with Gasteiger partial charge >= 0.3 is 0 Å². The highest BCUT2D eigenvalue weighted by atomic mass is 16.5. The van der Waals surface area contributed by atoms with Crippen LogP contribution in [0.4, 0.5) is 0 Å². The van der Waals surface area contributed by atoms with Crippen molar-refractivity contribution in [1.82, 2.24) is 0 Å². The van der Waals surface area contributed by atoms with Crippen molar-refractivity contribution in [1.29, 1.82) is 0 Å². The molecule has 3 rings (SSSR count). The highest BCUT2D eigenvalue weighted by Crippen LogP contribution is 2.31. The molecule has 2 aromatic carbocycles. The lowest BCUT2D eigenvalue weighted by atomic mass is 9.93. The van der Waals surface area contributed by atoms with Crippen LogP contribution in [0.2, 0.25) is 0 Å². The van der Waals surface area contributed by atoms with E-state index in [4.69, 9.17) is 14.2 Å². The standard InChI is InChI=1S/C19H20O4/c1-21-15-9-14(10-16(11-15)22-2)18(20)12-19-17-6-4-3-5-13(17)7-8-23-19/h3-6,9-11,19H,7-8,12H2,1-2H3. The van der Waals surface area contributed by atoms with Crippen LogP contribution < -0.4 is 9.47 Å². The molecule has 4 heteroatoms. The second-order valence-electron chi connectivity index (χ2n) is 5.54. The molecule has 120 valence electrons. The first kappa shape index (κ1) is 15.6. The van der Waals surface area contributed by atoms with E-state index in [1.807, 2.05) is 18.2 Å². The first-order valence-corrected chi connectivity index (χ1v) is 7.67. The summed E-state index contributed by atoms with van der Waals surface area (Å²) in [5, 5.41) is 0. The molecule has 1 aliphatic rings. The summed E-state index contributed by atoms with van der Waals surface area (Å²) in [5.74, 6) is 1.24. The molecule has 23 heavy (non-hydrogen) atoms. The van der Waals surface area contributed by atoms with Crippen LogP contribution in [0.15, 0.2) is 42.5 Å². The Morgan fingerprint density at radius 2 is 1.83 bits per heavy atom. The van der Waals surface area contributed by atoms with Gasteiger partial charge in [-0.3, -0.25) is 4.79 Å². The minimum atomic E-state index is -0.190. The van der Waals surface area contributed by atoms with E-state index >= 15 is 0 Å². The van der Waals surface area contributed by atoms with Gasteiger partial charge < -0.3 is 14.2 Å². The number of fused-ring (bicyclic) bond motifs is 1. The molecule has 0 fully saturated rings. The third kappa shape index (κ3) is 3.37. The molecular weight excluding hydrogens is 292 g/mol. The van der Waals surface area contributed by atoms with E-state index < -0.39 is 0 Å². The summed E-state index contributed by atoms with van der Waals surface area (Å²) in [6.07, 6.45) is 1.02. The fourth-order valence-corrected chi connectivity index (χ4v) is 2.90. The van der Waals surface area contributed by atoms with Crippen LogP contribution in [0, 0.1) is 0 Å². The Balaban J connectivity index is 1.83. The lowest BCUT2D eigenvalue weighted by Gasteiger charge is -2.25. The van der Waals surface area contributed by atoms with Gasteiger partial charge in [0.25, 0.3) is 0 Å². The molecule has 4 nitrogen and oxygen atoms in total. The Morgan fingerprint density at radius 1 is 1.13 bits per heavy atom. The van der Waals surface area contributed by atoms with Crippen molar-refractivity contribution in [3.63, 3.8) is 0 Å². The van der Waals surface area contributed by atoms with Crippen molar-refractivity contribution in [3.8, 4) is 11.5 Å². The first-order valence-electron chi connectivity index (χ1n) is 7.67. The van der Waals surface area contributed by atoms with Gasteiger partial charge in [0.2, 0.25) is 0 Å². The Hall–Kier alpha value is -2.33. The summed E-state index contributed by atoms with van der Waals surface area (Å²) in [6.45, 7) is 0.649. The fraction of sp³-hybridized carbons (Fsp3) is 0.316. The van der Waals surface area contributed by atoms with Gasteiger partial charge in [-0.05, 0) is 29.7 Å². The van der Waals surface area contributed by atoms with Crippen molar-refractivity contribution in [3.05, 3.63) is 59.2 Å². The molecule has 2 aromatic rings. The molecule has 1 aliphatic heterocycles. The number of methoxy groups -OCH3 is 2. The topological polar surface area (TPSA) is 44.8 Å². The number of carbonyl (C=O) groups excluding carboxylic acids is 1. The molecule has 0 radical (unpaired) electrons. The van der Waals surface area contributed by atoms with Crippen LogP contribution >= 0.6 is 0 Å². The summed E-state index contributed by atoms with van der Waals surface area (Å²) in [6, 6.07) is 13.4. The second-order valence-corrected chi connectivity index (χ2v) is 5.54. The molecule has 0 amide bonds. The minimum Gasteiger partial charge on any atom is -0.497 e. The summed E-state index contributed by atoms with van der Waals surface area (Å²) < 4.78 is 16.3. The highest BCUT2D eigenvalue weighted by molar-refractivity contribution is 5.97. The van der Waals surface area contributed by atoms with Crippen LogP contribution in [0.5, 0.6) is 11.5 Å². The molecule has 0 spiro atoms. The lowest BCUT2D eigenvalue weighted by Crippen LogP contribution is -2.19. The van der Waals surface area contributed by atoms with Gasteiger partial charge in [-0.2, -0.15) is 0 Å². The largest absolute Gasteiger partial charge is 0.497 e. The highest BCUT2D eigenvalue weighted by Gasteiger charge is 2.24. The predicted octanol–water partition coefficient (Wildman–Crippen LogP) is 3.59. The zero-order valence-electron chi connectivity index (χ0n) is 13.4. The van der Waals surface area contributed by atoms with Crippen LogP contribution in [-0.2, 0) is 11.2 Å². The second kappa shape index (κ2) is 6.84. The smallest absolute Gasteiger partial charge is 0.166 e. The Bertz CT molecular complexity index is 686. The van der Waals surface area contributed by atoms with E-state index in [9.17, 15) is 4.79 Å². The maximum Gasteiger partial charge on any atom is 0.166 e. The summed E-state index contributed by atoms with van der Waals surface area (Å²) in [4.78, 5) is 12.7. The maximum atomic E-state index is 12.7. The molecule has 0 saturated carbocycles. The molecule has 1 heterocycles. The number of rotatable bonds is 5. The number of Topliss-reactive ketones (excluding diaryl/α,β-unsaturated/α-hetero) is 1. The summed E-state index contributed by atoms with van der Waals surface area (Å²) in [7, 11) is 3.15. The van der Waals surface area contributed by atoms with E-state index in [0.29, 0.717) is 30.1 Å². The van der Waals surface area contributed by atoms with Crippen LogP contribution in [0.3, 0.4) is 0 Å². The van der Waals surface area contributed by atoms with E-state index in [1.165, 1.54) is 5.56 Å². The number of hydrogen-bond acceptors (Lipinski definition) is 4. The van der Waals surface area contributed by atoms with E-state index in [1.54, 1.807) is 32.4 Å². The van der Waals surface area contributed by atoms with Gasteiger partial charge in [0.1, 0.15) is 11.5 Å². The van der Waals surface area contributed by atoms with Crippen molar-refractivity contribution < 1.29 is 19.0 Å².